The van der Waals surface area contributed by atoms with Crippen LogP contribution in [-0.2, 0) is 25.6 Å². The van der Waals surface area contributed by atoms with Crippen LogP contribution in [0, 0.1) is 0 Å². The lowest BCUT2D eigenvalue weighted by Gasteiger charge is -2.20. The molecule has 0 fully saturated rings. The summed E-state index contributed by atoms with van der Waals surface area (Å²) in [5.74, 6) is 0.152. The van der Waals surface area contributed by atoms with Crippen LogP contribution < -0.4 is 15.7 Å². The van der Waals surface area contributed by atoms with Gasteiger partial charge in [-0.15, -0.1) is 0 Å². The number of imidazole rings is 1. The smallest absolute Gasteiger partial charge is 0.341 e. The molecule has 3 heterocycles. The van der Waals surface area contributed by atoms with E-state index in [2.05, 4.69) is 69.8 Å². The number of esters is 1. The second-order valence-corrected chi connectivity index (χ2v) is 12.7. The van der Waals surface area contributed by atoms with Crippen LogP contribution in [0.25, 0.3) is 56.6 Å². The number of nitrogens with zero attached hydrogens (tertiary/aromatic N) is 2. The zero-order valence-electron chi connectivity index (χ0n) is 30.0. The number of carbonyl (C=O) groups is 2. The van der Waals surface area contributed by atoms with E-state index < -0.39 is 12.1 Å². The Bertz CT molecular complexity index is 2260. The van der Waals surface area contributed by atoms with Crippen molar-refractivity contribution in [2.75, 3.05) is 31.6 Å². The first kappa shape index (κ1) is 35.0. The third-order valence-corrected chi connectivity index (χ3v) is 9.48. The first-order chi connectivity index (χ1) is 25.9. The molecule has 1 aliphatic rings. The van der Waals surface area contributed by atoms with Crippen LogP contribution in [0.4, 0.5) is 5.69 Å². The molecule has 53 heavy (non-hydrogen) atoms. The number of rotatable bonds is 13. The quantitative estimate of drug-likeness (QED) is 0.0723. The number of amides is 1. The van der Waals surface area contributed by atoms with Crippen molar-refractivity contribution in [1.29, 1.82) is 0 Å². The molecule has 4 aromatic carbocycles. The molecule has 10 heteroatoms. The molecule has 2 aromatic heterocycles. The molecule has 0 radical (unpaired) electrons. The Morgan fingerprint density at radius 3 is 2.32 bits per heavy atom. The Hall–Kier alpha value is -6.39. The summed E-state index contributed by atoms with van der Waals surface area (Å²) in [5.41, 5.74) is 13.3. The third-order valence-electron chi connectivity index (χ3n) is 9.48. The van der Waals surface area contributed by atoms with Gasteiger partial charge in [0.2, 0.25) is 12.0 Å². The fourth-order valence-corrected chi connectivity index (χ4v) is 6.54. The van der Waals surface area contributed by atoms with E-state index in [4.69, 9.17) is 14.6 Å². The third kappa shape index (κ3) is 7.78. The lowest BCUT2D eigenvalue weighted by molar-refractivity contribution is -0.152. The van der Waals surface area contributed by atoms with Gasteiger partial charge in [0.15, 0.2) is 0 Å². The molecule has 6 aromatic rings. The van der Waals surface area contributed by atoms with Crippen LogP contribution >= 0.6 is 0 Å². The first-order valence-electron chi connectivity index (χ1n) is 17.8. The summed E-state index contributed by atoms with van der Waals surface area (Å²) in [6.45, 7) is 6.72. The van der Waals surface area contributed by atoms with E-state index >= 15 is 0 Å². The summed E-state index contributed by atoms with van der Waals surface area (Å²) in [4.78, 5) is 44.2. The van der Waals surface area contributed by atoms with Crippen LogP contribution in [0.1, 0.15) is 30.5 Å². The van der Waals surface area contributed by atoms with Crippen molar-refractivity contribution in [2.24, 2.45) is 0 Å². The Morgan fingerprint density at radius 2 is 1.58 bits per heavy atom. The number of aromatic amines is 2. The van der Waals surface area contributed by atoms with Crippen molar-refractivity contribution in [1.82, 2.24) is 25.7 Å². The van der Waals surface area contributed by atoms with Gasteiger partial charge in [-0.2, -0.15) is 0 Å². The molecule has 1 amide bonds. The van der Waals surface area contributed by atoms with E-state index in [0.717, 1.165) is 70.1 Å². The Morgan fingerprint density at radius 1 is 0.887 bits per heavy atom. The van der Waals surface area contributed by atoms with E-state index in [9.17, 15) is 9.59 Å². The van der Waals surface area contributed by atoms with Gasteiger partial charge in [-0.1, -0.05) is 66.7 Å². The number of aromatic nitrogens is 3. The van der Waals surface area contributed by atoms with E-state index in [-0.39, 0.29) is 5.91 Å². The van der Waals surface area contributed by atoms with Crippen molar-refractivity contribution in [3.8, 4) is 33.9 Å². The zero-order valence-corrected chi connectivity index (χ0v) is 30.0. The summed E-state index contributed by atoms with van der Waals surface area (Å²) >= 11 is 0. The highest BCUT2D eigenvalue weighted by Crippen LogP contribution is 2.35. The minimum atomic E-state index is -0.800. The van der Waals surface area contributed by atoms with Crippen LogP contribution in [-0.4, -0.2) is 59.7 Å². The average molecular weight is 707 g/mol. The number of carbonyl (C=O) groups excluding carboxylic acids is 2. The average Bonchev–Trinajstić information content (AvgIpc) is 3.98. The fraction of sp³-hybridized carbons (Fsp3) is 0.186. The van der Waals surface area contributed by atoms with Crippen molar-refractivity contribution in [3.63, 3.8) is 0 Å². The van der Waals surface area contributed by atoms with Gasteiger partial charge < -0.3 is 24.9 Å². The molecule has 1 unspecified atom stereocenters. The number of hydroxylamine groups is 1. The minimum absolute atomic E-state index is 0.138. The van der Waals surface area contributed by atoms with Gasteiger partial charge in [-0.05, 0) is 79.4 Å². The largest absolute Gasteiger partial charge is 0.467 e. The minimum Gasteiger partial charge on any atom is -0.467 e. The fourth-order valence-electron chi connectivity index (χ4n) is 6.54. The number of hydrogen-bond donors (Lipinski definition) is 4. The number of fused-ring (bicyclic) bond motifs is 1. The molecule has 0 aliphatic carbocycles. The SMILES string of the molecule is CCN(CC)c1ccc(-c2nc(-c3ccc(C4=CC(C(=O)OC)ON4)cc3)c(-c3ccc(C=CC(=O)NCCc4c[nH]c5ccccc45)cc3)[nH]2)cc1. The highest BCUT2D eigenvalue weighted by Gasteiger charge is 2.25. The van der Waals surface area contributed by atoms with Crippen LogP contribution in [0.5, 0.6) is 0 Å². The summed E-state index contributed by atoms with van der Waals surface area (Å²) in [5, 5.41) is 4.17. The lowest BCUT2D eigenvalue weighted by Crippen LogP contribution is -2.23. The van der Waals surface area contributed by atoms with Crippen molar-refractivity contribution >= 4 is 40.2 Å². The van der Waals surface area contributed by atoms with Crippen molar-refractivity contribution < 1.29 is 19.2 Å². The standard InChI is InChI=1S/C43H42N6O4/c1-4-49(5-2)34-21-19-32(20-22-34)42-46-40(41(47-42)31-17-15-29(16-18-31)37-26-38(53-48-37)43(51)52-3)30-13-10-28(11-14-30)12-23-39(50)44-25-24-33-27-45-36-9-7-6-8-35(33)36/h6-23,26-27,38,45,48H,4-5,24-25H2,1-3H3,(H,44,50)(H,46,47). The van der Waals surface area contributed by atoms with E-state index in [0.29, 0.717) is 12.2 Å². The van der Waals surface area contributed by atoms with Crippen LogP contribution in [0.2, 0.25) is 0 Å². The molecule has 0 saturated carbocycles. The monoisotopic (exact) mass is 706 g/mol. The number of methoxy groups -OCH3 is 1. The highest BCUT2D eigenvalue weighted by atomic mass is 16.7. The molecule has 10 nitrogen and oxygen atoms in total. The number of anilines is 1. The van der Waals surface area contributed by atoms with E-state index in [1.54, 1.807) is 12.2 Å². The first-order valence-corrected chi connectivity index (χ1v) is 17.8. The van der Waals surface area contributed by atoms with Gasteiger partial charge in [0.05, 0.1) is 24.2 Å². The summed E-state index contributed by atoms with van der Waals surface area (Å²) in [6.07, 6.45) is 7.04. The Kier molecular flexibility index (Phi) is 10.5. The number of hydrogen-bond acceptors (Lipinski definition) is 7. The number of ether oxygens (including phenoxy) is 1. The normalized spacial score (nSPS) is 13.9. The predicted octanol–water partition coefficient (Wildman–Crippen LogP) is 7.53. The number of para-hydroxylation sites is 1. The zero-order chi connectivity index (χ0) is 36.7. The molecule has 0 spiro atoms. The molecular formula is C43H42N6O4. The van der Waals surface area contributed by atoms with Gasteiger partial charge in [-0.25, -0.2) is 9.78 Å². The number of nitrogens with one attached hydrogen (secondary N) is 4. The molecule has 7 rings (SSSR count). The van der Waals surface area contributed by atoms with Crippen LogP contribution in [0.3, 0.4) is 0 Å². The molecule has 0 bridgehead atoms. The van der Waals surface area contributed by atoms with E-state index in [1.807, 2.05) is 79.0 Å². The predicted molar refractivity (Wildman–Crippen MR) is 211 cm³/mol. The molecule has 1 aliphatic heterocycles. The maximum Gasteiger partial charge on any atom is 0.341 e. The molecule has 268 valence electrons. The second-order valence-electron chi connectivity index (χ2n) is 12.7. The highest BCUT2D eigenvalue weighted by molar-refractivity contribution is 5.92. The summed E-state index contributed by atoms with van der Waals surface area (Å²) in [6, 6.07) is 32.6. The van der Waals surface area contributed by atoms with Crippen LogP contribution in [0.15, 0.2) is 115 Å². The number of benzene rings is 4. The number of H-pyrrole nitrogens is 2. The summed E-state index contributed by atoms with van der Waals surface area (Å²) in [7, 11) is 1.33. The summed E-state index contributed by atoms with van der Waals surface area (Å²) < 4.78 is 4.80. The molecular weight excluding hydrogens is 665 g/mol. The maximum atomic E-state index is 12.6. The second kappa shape index (κ2) is 15.9. The maximum absolute atomic E-state index is 12.6. The Balaban J connectivity index is 1.10. The van der Waals surface area contributed by atoms with E-state index in [1.165, 1.54) is 23.7 Å². The Labute approximate surface area is 308 Å². The molecule has 0 saturated heterocycles. The van der Waals surface area contributed by atoms with Crippen molar-refractivity contribution in [3.05, 3.63) is 132 Å². The van der Waals surface area contributed by atoms with Gasteiger partial charge in [-0.3, -0.25) is 15.1 Å². The van der Waals surface area contributed by atoms with Gasteiger partial charge in [0.25, 0.3) is 0 Å². The molecule has 4 N–H and O–H groups in total. The van der Waals surface area contributed by atoms with Gasteiger partial charge >= 0.3 is 5.97 Å². The molecule has 1 atom stereocenters. The lowest BCUT2D eigenvalue weighted by atomic mass is 10.0. The van der Waals surface area contributed by atoms with Gasteiger partial charge in [0, 0.05) is 65.2 Å². The van der Waals surface area contributed by atoms with Gasteiger partial charge in [0.1, 0.15) is 5.82 Å². The van der Waals surface area contributed by atoms with Crippen molar-refractivity contribution in [2.45, 2.75) is 26.4 Å². The topological polar surface area (TPSA) is 124 Å².